The van der Waals surface area contributed by atoms with Gasteiger partial charge in [-0.2, -0.15) is 0 Å². The molecule has 0 aliphatic rings. The second-order valence-electron chi connectivity index (χ2n) is 3.13. The van der Waals surface area contributed by atoms with Gasteiger partial charge in [0.2, 0.25) is 0 Å². The van der Waals surface area contributed by atoms with Gasteiger partial charge in [-0.15, -0.1) is 0 Å². The molecule has 0 aliphatic carbocycles. The van der Waals surface area contributed by atoms with E-state index in [0.29, 0.717) is 5.54 Å². The Hall–Kier alpha value is 0.367. The first-order valence-electron chi connectivity index (χ1n) is 3.28. The predicted molar refractivity (Wildman–Crippen MR) is 44.9 cm³/mol. The van der Waals surface area contributed by atoms with E-state index in [1.54, 1.807) is 0 Å². The van der Waals surface area contributed by atoms with E-state index in [2.05, 4.69) is 0 Å². The van der Waals surface area contributed by atoms with E-state index in [0.717, 1.165) is 0 Å². The van der Waals surface area contributed by atoms with Crippen molar-refractivity contribution in [2.75, 3.05) is 0 Å². The molecule has 1 N–H and O–H groups in total. The Balaban J connectivity index is 3.99. The summed E-state index contributed by atoms with van der Waals surface area (Å²) in [5.41, 5.74) is 0.383. The highest BCUT2D eigenvalue weighted by Gasteiger charge is 2.28. The molecule has 5 heteroatoms. The highest BCUT2D eigenvalue weighted by Crippen LogP contribution is 2.30. The van der Waals surface area contributed by atoms with Crippen molar-refractivity contribution < 1.29 is 13.7 Å². The standard InChI is InChI=1S/C5H15O3PSi/c1-5(2)10(3,4)8-9(6)7/h5,9H,1-4H3,(H,6,7). The summed E-state index contributed by atoms with van der Waals surface area (Å²) in [6, 6.07) is 0. The van der Waals surface area contributed by atoms with Crippen molar-refractivity contribution in [3.8, 4) is 0 Å². The van der Waals surface area contributed by atoms with Gasteiger partial charge in [0.05, 0.1) is 0 Å². The maximum atomic E-state index is 10.3. The summed E-state index contributed by atoms with van der Waals surface area (Å²) in [5.74, 6) is 0. The molecule has 0 radical (unpaired) electrons. The summed E-state index contributed by atoms with van der Waals surface area (Å²) in [7, 11) is -4.59. The van der Waals surface area contributed by atoms with Gasteiger partial charge in [-0.05, 0) is 18.6 Å². The topological polar surface area (TPSA) is 46.5 Å². The summed E-state index contributed by atoms with van der Waals surface area (Å²) < 4.78 is 15.3. The van der Waals surface area contributed by atoms with Gasteiger partial charge in [-0.25, -0.2) is 0 Å². The quantitative estimate of drug-likeness (QED) is 0.536. The lowest BCUT2D eigenvalue weighted by atomic mass is 10.6. The van der Waals surface area contributed by atoms with Crippen molar-refractivity contribution in [1.29, 1.82) is 0 Å². The van der Waals surface area contributed by atoms with Crippen molar-refractivity contribution in [3.63, 3.8) is 0 Å². The second-order valence-corrected chi connectivity index (χ2v) is 8.84. The fraction of sp³-hybridized carbons (Fsp3) is 1.00. The fourth-order valence-corrected chi connectivity index (χ4v) is 3.09. The predicted octanol–water partition coefficient (Wildman–Crippen LogP) is 2.00. The largest absolute Gasteiger partial charge is 0.353 e. The van der Waals surface area contributed by atoms with Gasteiger partial charge < -0.3 is 9.11 Å². The van der Waals surface area contributed by atoms with Crippen LogP contribution in [0.15, 0.2) is 0 Å². The van der Waals surface area contributed by atoms with Crippen LogP contribution in [0.4, 0.5) is 0 Å². The SMILES string of the molecule is CC(C)[Si](C)(C)O[PH](=O)O. The maximum absolute atomic E-state index is 10.3. The molecule has 1 atom stereocenters. The van der Waals surface area contributed by atoms with Gasteiger partial charge in [0.15, 0.2) is 8.32 Å². The maximum Gasteiger partial charge on any atom is 0.306 e. The molecule has 1 unspecified atom stereocenters. The third kappa shape index (κ3) is 3.51. The first kappa shape index (κ1) is 10.4. The zero-order valence-corrected chi connectivity index (χ0v) is 8.84. The Bertz CT molecular complexity index is 135. The highest BCUT2D eigenvalue weighted by molar-refractivity contribution is 7.34. The van der Waals surface area contributed by atoms with Crippen LogP contribution in [0.1, 0.15) is 13.8 Å². The summed E-state index contributed by atoms with van der Waals surface area (Å²) in [6.45, 7) is 7.90. The molecule has 10 heavy (non-hydrogen) atoms. The summed E-state index contributed by atoms with van der Waals surface area (Å²) in [5, 5.41) is 0. The van der Waals surface area contributed by atoms with Gasteiger partial charge in [0, 0.05) is 0 Å². The van der Waals surface area contributed by atoms with Crippen LogP contribution in [0.25, 0.3) is 0 Å². The van der Waals surface area contributed by atoms with Crippen LogP contribution in [0.5, 0.6) is 0 Å². The fourth-order valence-electron chi connectivity index (χ4n) is 0.343. The molecule has 0 saturated heterocycles. The molecule has 0 aliphatic heterocycles. The Labute approximate surface area is 63.5 Å². The summed E-state index contributed by atoms with van der Waals surface area (Å²) >= 11 is 0. The molecule has 0 bridgehead atoms. The smallest absolute Gasteiger partial charge is 0.306 e. The van der Waals surface area contributed by atoms with Gasteiger partial charge in [0.25, 0.3) is 0 Å². The minimum Gasteiger partial charge on any atom is -0.353 e. The van der Waals surface area contributed by atoms with Gasteiger partial charge in [0.1, 0.15) is 0 Å². The first-order valence-corrected chi connectivity index (χ1v) is 7.53. The summed E-state index contributed by atoms with van der Waals surface area (Å²) in [6.07, 6.45) is 0. The van der Waals surface area contributed by atoms with Crippen molar-refractivity contribution in [2.45, 2.75) is 32.5 Å². The van der Waals surface area contributed by atoms with E-state index < -0.39 is 16.6 Å². The van der Waals surface area contributed by atoms with Crippen LogP contribution in [-0.2, 0) is 8.78 Å². The molecule has 0 spiro atoms. The van der Waals surface area contributed by atoms with Crippen LogP contribution in [0.3, 0.4) is 0 Å². The number of rotatable bonds is 3. The first-order chi connectivity index (χ1) is 4.36. The summed E-state index contributed by atoms with van der Waals surface area (Å²) in [4.78, 5) is 8.50. The van der Waals surface area contributed by atoms with Crippen LogP contribution >= 0.6 is 8.25 Å². The van der Waals surface area contributed by atoms with Crippen LogP contribution in [-0.4, -0.2) is 13.2 Å². The lowest BCUT2D eigenvalue weighted by Crippen LogP contribution is -2.31. The molecule has 3 nitrogen and oxygen atoms in total. The number of hydrogen-bond acceptors (Lipinski definition) is 2. The minimum atomic E-state index is -2.72. The molecule has 0 aromatic heterocycles. The van der Waals surface area contributed by atoms with Gasteiger partial charge in [-0.3, -0.25) is 4.57 Å². The third-order valence-corrected chi connectivity index (χ3v) is 7.32. The lowest BCUT2D eigenvalue weighted by molar-refractivity contribution is 0.403. The van der Waals surface area contributed by atoms with E-state index in [1.165, 1.54) is 0 Å². The molecular weight excluding hydrogens is 167 g/mol. The van der Waals surface area contributed by atoms with E-state index in [1.807, 2.05) is 26.9 Å². The Morgan fingerprint density at radius 2 is 1.90 bits per heavy atom. The Morgan fingerprint density at radius 3 is 2.00 bits per heavy atom. The second kappa shape index (κ2) is 3.67. The molecule has 0 rings (SSSR count). The lowest BCUT2D eigenvalue weighted by Gasteiger charge is -2.24. The van der Waals surface area contributed by atoms with Gasteiger partial charge in [-0.1, -0.05) is 13.8 Å². The van der Waals surface area contributed by atoms with E-state index in [-0.39, 0.29) is 0 Å². The minimum absolute atomic E-state index is 0.383. The van der Waals surface area contributed by atoms with Crippen LogP contribution < -0.4 is 0 Å². The number of hydrogen-bond donors (Lipinski definition) is 1. The molecule has 0 aromatic carbocycles. The zero-order chi connectivity index (χ0) is 8.36. The Kier molecular flexibility index (Phi) is 3.80. The average molecular weight is 182 g/mol. The van der Waals surface area contributed by atoms with Crippen molar-refractivity contribution in [3.05, 3.63) is 0 Å². The van der Waals surface area contributed by atoms with E-state index in [9.17, 15) is 4.57 Å². The zero-order valence-electron chi connectivity index (χ0n) is 6.84. The third-order valence-electron chi connectivity index (χ3n) is 1.74. The normalized spacial score (nSPS) is 15.8. The molecule has 62 valence electrons. The molecule has 0 amide bonds. The van der Waals surface area contributed by atoms with Gasteiger partial charge >= 0.3 is 8.25 Å². The molecule has 0 fully saturated rings. The highest BCUT2D eigenvalue weighted by atomic mass is 31.1. The van der Waals surface area contributed by atoms with Crippen LogP contribution in [0, 0.1) is 0 Å². The van der Waals surface area contributed by atoms with Crippen molar-refractivity contribution >= 4 is 16.6 Å². The molecule has 0 aromatic rings. The van der Waals surface area contributed by atoms with Crippen molar-refractivity contribution in [1.82, 2.24) is 0 Å². The van der Waals surface area contributed by atoms with E-state index in [4.69, 9.17) is 9.11 Å². The monoisotopic (exact) mass is 182 g/mol. The van der Waals surface area contributed by atoms with Crippen molar-refractivity contribution in [2.24, 2.45) is 0 Å². The molecule has 0 saturated carbocycles. The molecular formula is C5H15O3PSi. The Morgan fingerprint density at radius 1 is 1.50 bits per heavy atom. The van der Waals surface area contributed by atoms with E-state index >= 15 is 0 Å². The average Bonchev–Trinajstić information content (AvgIpc) is 1.60. The van der Waals surface area contributed by atoms with Crippen LogP contribution in [0.2, 0.25) is 18.6 Å². The molecule has 0 heterocycles.